The van der Waals surface area contributed by atoms with E-state index < -0.39 is 23.6 Å². The number of rotatable bonds is 3. The van der Waals surface area contributed by atoms with Gasteiger partial charge in [-0.15, -0.1) is 0 Å². The van der Waals surface area contributed by atoms with Crippen molar-refractivity contribution in [2.24, 2.45) is 0 Å². The van der Waals surface area contributed by atoms with Gasteiger partial charge in [0.15, 0.2) is 0 Å². The summed E-state index contributed by atoms with van der Waals surface area (Å²) in [6, 6.07) is -0.651. The van der Waals surface area contributed by atoms with Gasteiger partial charge in [0.1, 0.15) is 11.6 Å². The van der Waals surface area contributed by atoms with Crippen molar-refractivity contribution in [3.8, 4) is 0 Å². The van der Waals surface area contributed by atoms with Crippen LogP contribution in [0.4, 0.5) is 0 Å². The van der Waals surface area contributed by atoms with E-state index in [1.165, 1.54) is 17.1 Å². The third-order valence-corrected chi connectivity index (χ3v) is 1.99. The Morgan fingerprint density at radius 2 is 2.06 bits per heavy atom. The summed E-state index contributed by atoms with van der Waals surface area (Å²) < 4.78 is 6.45. The van der Waals surface area contributed by atoms with Crippen molar-refractivity contribution in [1.29, 1.82) is 0 Å². The van der Waals surface area contributed by atoms with Crippen LogP contribution in [-0.4, -0.2) is 32.4 Å². The normalized spacial score (nSPS) is 13.2. The molecule has 0 bridgehead atoms. The molecule has 0 spiro atoms. The number of carbonyl (C=O) groups excluding carboxylic acids is 1. The third-order valence-electron chi connectivity index (χ3n) is 1.99. The monoisotopic (exact) mass is 240 g/mol. The maximum atomic E-state index is 11.7. The molecule has 0 saturated heterocycles. The molecule has 0 aromatic carbocycles. The minimum absolute atomic E-state index is 0.0420. The fourth-order valence-electron chi connectivity index (χ4n) is 1.16. The first-order chi connectivity index (χ1) is 7.70. The van der Waals surface area contributed by atoms with Crippen LogP contribution in [0, 0.1) is 0 Å². The van der Waals surface area contributed by atoms with E-state index in [4.69, 9.17) is 9.84 Å². The maximum absolute atomic E-state index is 11.7. The summed E-state index contributed by atoms with van der Waals surface area (Å²) in [5.74, 6) is -1.52. The molecular formula is C11H16N2O4. The van der Waals surface area contributed by atoms with Gasteiger partial charge in [0.05, 0.1) is 11.8 Å². The lowest BCUT2D eigenvalue weighted by molar-refractivity contribution is -0.158. The Labute approximate surface area is 99.2 Å². The summed E-state index contributed by atoms with van der Waals surface area (Å²) in [5.41, 5.74) is -0.533. The Bertz CT molecular complexity index is 431. The largest absolute Gasteiger partial charge is 0.478 e. The van der Waals surface area contributed by atoms with Crippen LogP contribution in [0.3, 0.4) is 0 Å². The number of aromatic nitrogens is 2. The van der Waals surface area contributed by atoms with Crippen molar-refractivity contribution in [2.45, 2.75) is 39.3 Å². The molecule has 94 valence electrons. The average molecular weight is 240 g/mol. The minimum atomic E-state index is -1.08. The van der Waals surface area contributed by atoms with Crippen molar-refractivity contribution < 1.29 is 19.4 Å². The van der Waals surface area contributed by atoms with Gasteiger partial charge in [0.25, 0.3) is 0 Å². The summed E-state index contributed by atoms with van der Waals surface area (Å²) in [4.78, 5) is 22.4. The second-order valence-electron chi connectivity index (χ2n) is 4.72. The molecule has 1 atom stereocenters. The molecule has 0 amide bonds. The number of carbonyl (C=O) groups is 2. The van der Waals surface area contributed by atoms with Gasteiger partial charge in [-0.1, -0.05) is 0 Å². The number of carboxylic acid groups (broad SMARTS) is 1. The topological polar surface area (TPSA) is 81.4 Å². The summed E-state index contributed by atoms with van der Waals surface area (Å²) in [5, 5.41) is 12.6. The Morgan fingerprint density at radius 3 is 2.47 bits per heavy atom. The number of carboxylic acids is 1. The molecule has 1 aromatic rings. The van der Waals surface area contributed by atoms with E-state index in [1.807, 2.05) is 0 Å². The lowest BCUT2D eigenvalue weighted by Gasteiger charge is -2.22. The van der Waals surface area contributed by atoms with Crippen molar-refractivity contribution in [3.05, 3.63) is 18.0 Å². The molecule has 0 saturated carbocycles. The summed E-state index contributed by atoms with van der Waals surface area (Å²) >= 11 is 0. The minimum Gasteiger partial charge on any atom is -0.478 e. The highest BCUT2D eigenvalue weighted by Crippen LogP contribution is 2.14. The Morgan fingerprint density at radius 1 is 1.47 bits per heavy atom. The standard InChI is InChI=1S/C11H16N2O4/c1-7(10(16)17-11(2,3)4)13-6-8(5-12-13)9(14)15/h5-7H,1-4H3,(H,14,15)/t7-/m1/s1. The van der Waals surface area contributed by atoms with Gasteiger partial charge in [0.2, 0.25) is 0 Å². The van der Waals surface area contributed by atoms with Crippen molar-refractivity contribution in [1.82, 2.24) is 9.78 Å². The molecule has 0 aliphatic heterocycles. The second kappa shape index (κ2) is 4.57. The van der Waals surface area contributed by atoms with E-state index in [-0.39, 0.29) is 5.56 Å². The van der Waals surface area contributed by atoms with Crippen molar-refractivity contribution in [3.63, 3.8) is 0 Å². The van der Waals surface area contributed by atoms with Crippen LogP contribution >= 0.6 is 0 Å². The molecule has 0 aliphatic carbocycles. The quantitative estimate of drug-likeness (QED) is 0.809. The van der Waals surface area contributed by atoms with Crippen LogP contribution in [-0.2, 0) is 9.53 Å². The Balaban J connectivity index is 2.78. The summed E-state index contributed by atoms with van der Waals surface area (Å²) in [6.07, 6.45) is 2.50. The number of nitrogens with zero attached hydrogens (tertiary/aromatic N) is 2. The van der Waals surface area contributed by atoms with E-state index >= 15 is 0 Å². The van der Waals surface area contributed by atoms with Gasteiger partial charge in [-0.2, -0.15) is 5.10 Å². The van der Waals surface area contributed by atoms with Crippen LogP contribution in [0.1, 0.15) is 44.1 Å². The lowest BCUT2D eigenvalue weighted by Crippen LogP contribution is -2.29. The smallest absolute Gasteiger partial charge is 0.338 e. The molecule has 1 aromatic heterocycles. The molecule has 1 N–H and O–H groups in total. The summed E-state index contributed by atoms with van der Waals surface area (Å²) in [7, 11) is 0. The van der Waals surface area contributed by atoms with Crippen LogP contribution in [0.2, 0.25) is 0 Å². The maximum Gasteiger partial charge on any atom is 0.338 e. The van der Waals surface area contributed by atoms with Crippen molar-refractivity contribution in [2.75, 3.05) is 0 Å². The van der Waals surface area contributed by atoms with Gasteiger partial charge in [0, 0.05) is 6.20 Å². The van der Waals surface area contributed by atoms with Gasteiger partial charge >= 0.3 is 11.9 Å². The predicted octanol–water partition coefficient (Wildman–Crippen LogP) is 1.48. The molecule has 1 heterocycles. The Kier molecular flexibility index (Phi) is 3.55. The van der Waals surface area contributed by atoms with E-state index in [1.54, 1.807) is 27.7 Å². The molecule has 0 aliphatic rings. The van der Waals surface area contributed by atoms with E-state index in [0.717, 1.165) is 0 Å². The highest BCUT2D eigenvalue weighted by atomic mass is 16.6. The van der Waals surface area contributed by atoms with Crippen LogP contribution in [0.5, 0.6) is 0 Å². The first kappa shape index (κ1) is 13.2. The highest BCUT2D eigenvalue weighted by molar-refractivity contribution is 5.87. The second-order valence-corrected chi connectivity index (χ2v) is 4.72. The van der Waals surface area contributed by atoms with Crippen molar-refractivity contribution >= 4 is 11.9 Å². The lowest BCUT2D eigenvalue weighted by atomic mass is 10.2. The Hall–Kier alpha value is -1.85. The van der Waals surface area contributed by atoms with Crippen LogP contribution < -0.4 is 0 Å². The van der Waals surface area contributed by atoms with Gasteiger partial charge in [-0.25, -0.2) is 9.59 Å². The average Bonchev–Trinajstić information content (AvgIpc) is 2.62. The highest BCUT2D eigenvalue weighted by Gasteiger charge is 2.23. The number of esters is 1. The molecule has 6 heteroatoms. The molecule has 17 heavy (non-hydrogen) atoms. The number of hydrogen-bond acceptors (Lipinski definition) is 4. The van der Waals surface area contributed by atoms with Crippen LogP contribution in [0.15, 0.2) is 12.4 Å². The first-order valence-electron chi connectivity index (χ1n) is 5.21. The third kappa shape index (κ3) is 3.58. The predicted molar refractivity (Wildman–Crippen MR) is 59.7 cm³/mol. The van der Waals surface area contributed by atoms with Gasteiger partial charge < -0.3 is 9.84 Å². The summed E-state index contributed by atoms with van der Waals surface area (Å²) in [6.45, 7) is 6.91. The molecular weight excluding hydrogens is 224 g/mol. The zero-order chi connectivity index (χ0) is 13.2. The zero-order valence-corrected chi connectivity index (χ0v) is 10.3. The molecule has 1 rings (SSSR count). The fraction of sp³-hybridized carbons (Fsp3) is 0.545. The molecule has 6 nitrogen and oxygen atoms in total. The molecule has 0 radical (unpaired) electrons. The van der Waals surface area contributed by atoms with E-state index in [2.05, 4.69) is 5.10 Å². The number of aromatic carboxylic acids is 1. The number of hydrogen-bond donors (Lipinski definition) is 1. The first-order valence-corrected chi connectivity index (χ1v) is 5.21. The zero-order valence-electron chi connectivity index (χ0n) is 10.3. The van der Waals surface area contributed by atoms with Gasteiger partial charge in [-0.05, 0) is 27.7 Å². The molecule has 0 fully saturated rings. The fourth-order valence-corrected chi connectivity index (χ4v) is 1.16. The van der Waals surface area contributed by atoms with E-state index in [0.29, 0.717) is 0 Å². The SMILES string of the molecule is C[C@H](C(=O)OC(C)(C)C)n1cc(C(=O)O)cn1. The molecule has 0 unspecified atom stereocenters. The van der Waals surface area contributed by atoms with Gasteiger partial charge in [-0.3, -0.25) is 4.68 Å². The van der Waals surface area contributed by atoms with Crippen LogP contribution in [0.25, 0.3) is 0 Å². The number of ether oxygens (including phenoxy) is 1. The van der Waals surface area contributed by atoms with E-state index in [9.17, 15) is 9.59 Å².